The molecule has 2 aromatic carbocycles. The molecule has 0 aromatic heterocycles. The number of rotatable bonds is 5. The van der Waals surface area contributed by atoms with E-state index in [0.29, 0.717) is 0 Å². The van der Waals surface area contributed by atoms with Gasteiger partial charge < -0.3 is 10.2 Å². The van der Waals surface area contributed by atoms with Crippen molar-refractivity contribution in [2.24, 2.45) is 5.16 Å². The number of carbonyl (C=O) groups excluding carboxylic acids is 1. The number of amides is 1. The highest BCUT2D eigenvalue weighted by Gasteiger charge is 2.15. The summed E-state index contributed by atoms with van der Waals surface area (Å²) >= 11 is 0. The summed E-state index contributed by atoms with van der Waals surface area (Å²) < 4.78 is 0. The molecule has 0 heterocycles. The zero-order valence-corrected chi connectivity index (χ0v) is 12.6. The second-order valence-corrected chi connectivity index (χ2v) is 4.53. The second-order valence-electron chi connectivity index (χ2n) is 4.53. The van der Waals surface area contributed by atoms with Crippen LogP contribution < -0.4 is 5.32 Å². The number of oxime groups is 1. The first-order chi connectivity index (χ1) is 10.8. The Morgan fingerprint density at radius 2 is 1.73 bits per heavy atom. The minimum atomic E-state index is -0.289. The highest BCUT2D eigenvalue weighted by molar-refractivity contribution is 6.45. The lowest BCUT2D eigenvalue weighted by molar-refractivity contribution is -0.114. The van der Waals surface area contributed by atoms with Gasteiger partial charge in [0.05, 0.1) is 0 Å². The van der Waals surface area contributed by atoms with Gasteiger partial charge in [0.15, 0.2) is 5.71 Å². The predicted molar refractivity (Wildman–Crippen MR) is 89.4 cm³/mol. The van der Waals surface area contributed by atoms with Crippen molar-refractivity contribution < 1.29 is 9.63 Å². The van der Waals surface area contributed by atoms with E-state index in [1.165, 1.54) is 7.11 Å². The molecular weight excluding hydrogens is 276 g/mol. The Bertz CT molecular complexity index is 691. The van der Waals surface area contributed by atoms with E-state index in [1.54, 1.807) is 7.05 Å². The van der Waals surface area contributed by atoms with Gasteiger partial charge in [0.25, 0.3) is 5.91 Å². The first kappa shape index (κ1) is 15.5. The average molecular weight is 294 g/mol. The lowest BCUT2D eigenvalue weighted by Crippen LogP contribution is -2.29. The molecule has 2 rings (SSSR count). The van der Waals surface area contributed by atoms with Crippen LogP contribution in [-0.4, -0.2) is 25.8 Å². The molecule has 4 heteroatoms. The summed E-state index contributed by atoms with van der Waals surface area (Å²) in [6, 6.07) is 17.5. The fourth-order valence-electron chi connectivity index (χ4n) is 2.03. The molecule has 0 aliphatic rings. The fraction of sp³-hybridized carbons (Fsp3) is 0.111. The van der Waals surface area contributed by atoms with Crippen molar-refractivity contribution in [3.05, 3.63) is 71.3 Å². The molecule has 4 nitrogen and oxygen atoms in total. The van der Waals surface area contributed by atoms with Gasteiger partial charge in [0, 0.05) is 12.6 Å². The van der Waals surface area contributed by atoms with Crippen molar-refractivity contribution in [3.63, 3.8) is 0 Å². The molecule has 0 aliphatic heterocycles. The zero-order chi connectivity index (χ0) is 15.8. The molecular formula is C18H18N2O2. The number of hydrogen-bond acceptors (Lipinski definition) is 3. The Morgan fingerprint density at radius 1 is 1.05 bits per heavy atom. The van der Waals surface area contributed by atoms with Crippen LogP contribution in [0.1, 0.15) is 16.7 Å². The maximum absolute atomic E-state index is 12.0. The monoisotopic (exact) mass is 294 g/mol. The molecule has 112 valence electrons. The minimum absolute atomic E-state index is 0.248. The van der Waals surface area contributed by atoms with Crippen molar-refractivity contribution in [1.29, 1.82) is 0 Å². The molecule has 0 spiro atoms. The molecule has 0 fully saturated rings. The Kier molecular flexibility index (Phi) is 5.49. The van der Waals surface area contributed by atoms with E-state index in [4.69, 9.17) is 4.84 Å². The normalized spacial score (nSPS) is 11.5. The van der Waals surface area contributed by atoms with Crippen LogP contribution in [0.3, 0.4) is 0 Å². The van der Waals surface area contributed by atoms with E-state index in [0.717, 1.165) is 16.7 Å². The molecule has 0 saturated heterocycles. The largest absolute Gasteiger partial charge is 0.398 e. The van der Waals surface area contributed by atoms with E-state index < -0.39 is 0 Å². The van der Waals surface area contributed by atoms with E-state index >= 15 is 0 Å². The molecule has 0 aliphatic carbocycles. The third kappa shape index (κ3) is 3.82. The van der Waals surface area contributed by atoms with Crippen LogP contribution in [-0.2, 0) is 9.63 Å². The average Bonchev–Trinajstić information content (AvgIpc) is 2.58. The number of nitrogens with one attached hydrogen (secondary N) is 1. The molecule has 2 aromatic rings. The van der Waals surface area contributed by atoms with Crippen LogP contribution in [0, 0.1) is 0 Å². The van der Waals surface area contributed by atoms with Crippen LogP contribution in [0.15, 0.2) is 59.8 Å². The number of carbonyl (C=O) groups is 1. The third-order valence-corrected chi connectivity index (χ3v) is 3.10. The zero-order valence-electron chi connectivity index (χ0n) is 12.6. The van der Waals surface area contributed by atoms with Gasteiger partial charge in [-0.3, -0.25) is 4.79 Å². The smallest absolute Gasteiger partial charge is 0.273 e. The van der Waals surface area contributed by atoms with Gasteiger partial charge in [0.2, 0.25) is 0 Å². The summed E-state index contributed by atoms with van der Waals surface area (Å²) in [5.41, 5.74) is 2.95. The van der Waals surface area contributed by atoms with E-state index in [-0.39, 0.29) is 11.6 Å². The number of likely N-dealkylation sites (N-methyl/N-ethyl adjacent to an activating group) is 1. The summed E-state index contributed by atoms with van der Waals surface area (Å²) in [5, 5.41) is 6.43. The van der Waals surface area contributed by atoms with Crippen molar-refractivity contribution >= 4 is 23.8 Å². The standard InChI is InChI=1S/C18H18N2O2/c1-19-18(21)17(20-22-2)16-11-7-6-10-15(16)13-12-14-8-4-3-5-9-14/h3-13H,1-2H3,(H,19,21)/b13-12+,20-17-. The molecule has 0 radical (unpaired) electrons. The summed E-state index contributed by atoms with van der Waals surface area (Å²) in [6.45, 7) is 0. The van der Waals surface area contributed by atoms with Gasteiger partial charge in [-0.15, -0.1) is 0 Å². The van der Waals surface area contributed by atoms with E-state index in [1.807, 2.05) is 66.7 Å². The van der Waals surface area contributed by atoms with Gasteiger partial charge in [-0.25, -0.2) is 0 Å². The molecule has 0 saturated carbocycles. The highest BCUT2D eigenvalue weighted by Crippen LogP contribution is 2.15. The summed E-state index contributed by atoms with van der Waals surface area (Å²) in [4.78, 5) is 16.8. The molecule has 22 heavy (non-hydrogen) atoms. The lowest BCUT2D eigenvalue weighted by Gasteiger charge is -2.08. The van der Waals surface area contributed by atoms with Crippen LogP contribution in [0.4, 0.5) is 0 Å². The quantitative estimate of drug-likeness (QED) is 0.523. The molecule has 0 atom stereocenters. The topological polar surface area (TPSA) is 50.7 Å². The fourth-order valence-corrected chi connectivity index (χ4v) is 2.03. The van der Waals surface area contributed by atoms with Crippen LogP contribution >= 0.6 is 0 Å². The van der Waals surface area contributed by atoms with Crippen LogP contribution in [0.25, 0.3) is 12.2 Å². The maximum atomic E-state index is 12.0. The molecule has 1 amide bonds. The Labute approximate surface area is 130 Å². The van der Waals surface area contributed by atoms with Gasteiger partial charge in [-0.05, 0) is 11.1 Å². The molecule has 0 bridgehead atoms. The molecule has 0 unspecified atom stereocenters. The highest BCUT2D eigenvalue weighted by atomic mass is 16.6. The van der Waals surface area contributed by atoms with Crippen molar-refractivity contribution in [1.82, 2.24) is 5.32 Å². The Morgan fingerprint density at radius 3 is 2.41 bits per heavy atom. The minimum Gasteiger partial charge on any atom is -0.398 e. The summed E-state index contributed by atoms with van der Waals surface area (Å²) in [6.07, 6.45) is 3.95. The number of hydrogen-bond donors (Lipinski definition) is 1. The van der Waals surface area contributed by atoms with Gasteiger partial charge >= 0.3 is 0 Å². The second kappa shape index (κ2) is 7.78. The van der Waals surface area contributed by atoms with Crippen LogP contribution in [0.5, 0.6) is 0 Å². The number of benzene rings is 2. The SMILES string of the molecule is CNC(=O)/C(=N\OC)c1ccccc1/C=C/c1ccccc1. The van der Waals surface area contributed by atoms with Crippen LogP contribution in [0.2, 0.25) is 0 Å². The van der Waals surface area contributed by atoms with Crippen molar-refractivity contribution in [3.8, 4) is 0 Å². The van der Waals surface area contributed by atoms with E-state index in [9.17, 15) is 4.79 Å². The Balaban J connectivity index is 2.40. The van der Waals surface area contributed by atoms with E-state index in [2.05, 4.69) is 10.5 Å². The Hall–Kier alpha value is -2.88. The predicted octanol–water partition coefficient (Wildman–Crippen LogP) is 2.95. The van der Waals surface area contributed by atoms with Crippen molar-refractivity contribution in [2.75, 3.05) is 14.2 Å². The summed E-state index contributed by atoms with van der Waals surface area (Å²) in [7, 11) is 2.99. The molecule has 1 N–H and O–H groups in total. The van der Waals surface area contributed by atoms with Gasteiger partial charge in [0.1, 0.15) is 7.11 Å². The van der Waals surface area contributed by atoms with Gasteiger partial charge in [-0.1, -0.05) is 71.9 Å². The lowest BCUT2D eigenvalue weighted by atomic mass is 10.0. The first-order valence-corrected chi connectivity index (χ1v) is 6.92. The maximum Gasteiger partial charge on any atom is 0.273 e. The number of nitrogens with zero attached hydrogens (tertiary/aromatic N) is 1. The third-order valence-electron chi connectivity index (χ3n) is 3.10. The first-order valence-electron chi connectivity index (χ1n) is 6.92. The van der Waals surface area contributed by atoms with Gasteiger partial charge in [-0.2, -0.15) is 0 Å². The van der Waals surface area contributed by atoms with Crippen molar-refractivity contribution in [2.45, 2.75) is 0 Å². The summed E-state index contributed by atoms with van der Waals surface area (Å²) in [5.74, 6) is -0.289.